The average Bonchev–Trinajstić information content (AvgIpc) is 3.19. The normalized spacial score (nSPS) is 16.0. The fraction of sp³-hybridized carbons (Fsp3) is 0.133. The van der Waals surface area contributed by atoms with Gasteiger partial charge in [-0.25, -0.2) is 0 Å². The third kappa shape index (κ3) is 3.41. The third-order valence-electron chi connectivity index (χ3n) is 3.27. The molecule has 3 rings (SSSR count). The van der Waals surface area contributed by atoms with E-state index >= 15 is 0 Å². The largest absolute Gasteiger partial charge is 0.302 e. The van der Waals surface area contributed by atoms with E-state index in [9.17, 15) is 14.9 Å². The zero-order chi connectivity index (χ0) is 16.4. The first kappa shape index (κ1) is 16.0. The van der Waals surface area contributed by atoms with Crippen molar-refractivity contribution < 1.29 is 9.72 Å². The second kappa shape index (κ2) is 6.74. The van der Waals surface area contributed by atoms with Gasteiger partial charge >= 0.3 is 0 Å². The zero-order valence-electron chi connectivity index (χ0n) is 11.8. The lowest BCUT2D eigenvalue weighted by Gasteiger charge is -2.17. The minimum Gasteiger partial charge on any atom is -0.302 e. The number of thioether (sulfide) groups is 1. The van der Waals surface area contributed by atoms with Crippen molar-refractivity contribution in [1.29, 1.82) is 0 Å². The lowest BCUT2D eigenvalue weighted by atomic mass is 10.1. The molecule has 2 aromatic rings. The Balaban J connectivity index is 1.90. The highest BCUT2D eigenvalue weighted by Gasteiger charge is 2.27. The summed E-state index contributed by atoms with van der Waals surface area (Å²) in [7, 11) is 0. The maximum atomic E-state index is 12.7. The van der Waals surface area contributed by atoms with Crippen molar-refractivity contribution in [3.8, 4) is 0 Å². The molecule has 2 heterocycles. The first-order valence-electron chi connectivity index (χ1n) is 6.70. The molecular formula is C15H11ClN2O3S2. The number of halogens is 1. The Morgan fingerprint density at radius 3 is 2.91 bits per heavy atom. The van der Waals surface area contributed by atoms with Gasteiger partial charge in [0, 0.05) is 28.8 Å². The van der Waals surface area contributed by atoms with E-state index in [-0.39, 0.29) is 22.2 Å². The molecule has 23 heavy (non-hydrogen) atoms. The zero-order valence-corrected chi connectivity index (χ0v) is 14.2. The van der Waals surface area contributed by atoms with Crippen LogP contribution in [0, 0.1) is 10.1 Å². The van der Waals surface area contributed by atoms with Crippen LogP contribution in [-0.4, -0.2) is 28.0 Å². The van der Waals surface area contributed by atoms with Gasteiger partial charge in [0.2, 0.25) is 0 Å². The number of benzene rings is 1. The lowest BCUT2D eigenvalue weighted by molar-refractivity contribution is -0.384. The summed E-state index contributed by atoms with van der Waals surface area (Å²) in [6.45, 7) is 0.580. The summed E-state index contributed by atoms with van der Waals surface area (Å²) < 4.78 is 0. The Bertz CT molecular complexity index is 790. The molecule has 0 N–H and O–H groups in total. The molecule has 0 spiro atoms. The van der Waals surface area contributed by atoms with Crippen molar-refractivity contribution in [2.75, 3.05) is 12.3 Å². The quantitative estimate of drug-likeness (QED) is 0.592. The van der Waals surface area contributed by atoms with E-state index in [1.165, 1.54) is 18.2 Å². The number of nitro groups is 1. The number of rotatable bonds is 3. The van der Waals surface area contributed by atoms with E-state index in [2.05, 4.69) is 0 Å². The van der Waals surface area contributed by atoms with Crippen LogP contribution in [-0.2, 0) is 0 Å². The van der Waals surface area contributed by atoms with Gasteiger partial charge < -0.3 is 4.90 Å². The van der Waals surface area contributed by atoms with Crippen LogP contribution >= 0.6 is 34.7 Å². The van der Waals surface area contributed by atoms with E-state index in [4.69, 9.17) is 11.6 Å². The predicted molar refractivity (Wildman–Crippen MR) is 93.9 cm³/mol. The van der Waals surface area contributed by atoms with Crippen LogP contribution in [0.3, 0.4) is 0 Å². The fourth-order valence-electron chi connectivity index (χ4n) is 2.19. The van der Waals surface area contributed by atoms with Crippen LogP contribution in [0.4, 0.5) is 5.69 Å². The average molecular weight is 367 g/mol. The van der Waals surface area contributed by atoms with Gasteiger partial charge in [0.25, 0.3) is 11.6 Å². The van der Waals surface area contributed by atoms with Gasteiger partial charge in [-0.15, -0.1) is 23.1 Å². The third-order valence-corrected chi connectivity index (χ3v) is 5.43. The Morgan fingerprint density at radius 1 is 1.39 bits per heavy atom. The molecule has 0 unspecified atom stereocenters. The number of nitro benzene ring substituents is 1. The van der Waals surface area contributed by atoms with Crippen molar-refractivity contribution in [1.82, 2.24) is 4.90 Å². The van der Waals surface area contributed by atoms with Crippen molar-refractivity contribution in [3.05, 3.63) is 66.3 Å². The van der Waals surface area contributed by atoms with Gasteiger partial charge in [0.1, 0.15) is 5.02 Å². The Hall–Kier alpha value is -1.83. The number of thiophene rings is 1. The van der Waals surface area contributed by atoms with E-state index in [1.807, 2.05) is 23.6 Å². The molecule has 118 valence electrons. The van der Waals surface area contributed by atoms with E-state index < -0.39 is 4.92 Å². The van der Waals surface area contributed by atoms with Gasteiger partial charge in [-0.3, -0.25) is 14.9 Å². The topological polar surface area (TPSA) is 63.4 Å². The van der Waals surface area contributed by atoms with Gasteiger partial charge in [0.05, 0.1) is 9.95 Å². The van der Waals surface area contributed by atoms with E-state index in [0.29, 0.717) is 6.54 Å². The number of nitrogens with zero attached hydrogens (tertiary/aromatic N) is 2. The summed E-state index contributed by atoms with van der Waals surface area (Å²) in [6, 6.07) is 8.07. The molecule has 5 nitrogen and oxygen atoms in total. The molecule has 8 heteroatoms. The Morgan fingerprint density at radius 2 is 2.22 bits per heavy atom. The van der Waals surface area contributed by atoms with Gasteiger partial charge in [-0.2, -0.15) is 0 Å². The molecule has 0 aliphatic carbocycles. The van der Waals surface area contributed by atoms with Gasteiger partial charge in [0.15, 0.2) is 0 Å². The molecule has 1 fully saturated rings. The molecule has 1 aliphatic rings. The molecule has 0 radical (unpaired) electrons. The van der Waals surface area contributed by atoms with Crippen LogP contribution in [0.2, 0.25) is 5.02 Å². The number of hydrogen-bond acceptors (Lipinski definition) is 5. The predicted octanol–water partition coefficient (Wildman–Crippen LogP) is 4.50. The molecule has 0 saturated carbocycles. The van der Waals surface area contributed by atoms with Crippen LogP contribution in [0.15, 0.2) is 40.7 Å². The van der Waals surface area contributed by atoms with E-state index in [0.717, 1.165) is 15.7 Å². The molecular weight excluding hydrogens is 356 g/mol. The number of carbonyl (C=O) groups excluding carboxylic acids is 1. The maximum absolute atomic E-state index is 12.7. The number of carbonyl (C=O) groups is 1. The second-order valence-corrected chi connectivity index (χ2v) is 7.23. The van der Waals surface area contributed by atoms with Crippen molar-refractivity contribution in [3.63, 3.8) is 0 Å². The first-order valence-corrected chi connectivity index (χ1v) is 8.94. The van der Waals surface area contributed by atoms with Crippen LogP contribution in [0.1, 0.15) is 15.2 Å². The molecule has 1 aliphatic heterocycles. The first-order chi connectivity index (χ1) is 11.1. The summed E-state index contributed by atoms with van der Waals surface area (Å²) in [5.74, 6) is 0.552. The number of amides is 1. The second-order valence-electron chi connectivity index (χ2n) is 4.73. The summed E-state index contributed by atoms with van der Waals surface area (Å²) in [4.78, 5) is 25.8. The monoisotopic (exact) mass is 366 g/mol. The minimum atomic E-state index is -0.583. The maximum Gasteiger partial charge on any atom is 0.288 e. The Kier molecular flexibility index (Phi) is 4.70. The minimum absolute atomic E-state index is 0.0247. The van der Waals surface area contributed by atoms with Crippen LogP contribution in [0.25, 0.3) is 6.08 Å². The van der Waals surface area contributed by atoms with Crippen molar-refractivity contribution >= 4 is 52.4 Å². The molecule has 0 bridgehead atoms. The lowest BCUT2D eigenvalue weighted by Crippen LogP contribution is -2.26. The van der Waals surface area contributed by atoms with Crippen molar-refractivity contribution in [2.24, 2.45) is 0 Å². The molecule has 1 aromatic carbocycles. The highest BCUT2D eigenvalue weighted by atomic mass is 35.5. The summed E-state index contributed by atoms with van der Waals surface area (Å²) in [5, 5.41) is 13.8. The highest BCUT2D eigenvalue weighted by molar-refractivity contribution is 8.03. The van der Waals surface area contributed by atoms with Gasteiger partial charge in [-0.1, -0.05) is 17.7 Å². The molecule has 1 saturated heterocycles. The Labute approximate surface area is 145 Å². The summed E-state index contributed by atoms with van der Waals surface area (Å²) in [5.41, 5.74) is 0.00818. The van der Waals surface area contributed by atoms with Crippen LogP contribution < -0.4 is 0 Å². The van der Waals surface area contributed by atoms with E-state index in [1.54, 1.807) is 28.0 Å². The summed E-state index contributed by atoms with van der Waals surface area (Å²) >= 11 is 8.99. The summed E-state index contributed by atoms with van der Waals surface area (Å²) in [6.07, 6.45) is 1.96. The fourth-order valence-corrected chi connectivity index (χ4v) is 4.12. The van der Waals surface area contributed by atoms with Crippen LogP contribution in [0.5, 0.6) is 0 Å². The molecule has 0 atom stereocenters. The van der Waals surface area contributed by atoms with Crippen molar-refractivity contribution in [2.45, 2.75) is 0 Å². The molecule has 1 amide bonds. The molecule has 1 aromatic heterocycles. The SMILES string of the molecule is O=C(c1ccc(Cl)c([N+](=O)[O-])c1)N1CCS/C1=C/c1cccs1. The number of hydrogen-bond donors (Lipinski definition) is 0. The smallest absolute Gasteiger partial charge is 0.288 e. The highest BCUT2D eigenvalue weighted by Crippen LogP contribution is 2.33. The van der Waals surface area contributed by atoms with Gasteiger partial charge in [-0.05, 0) is 29.7 Å². The standard InChI is InChI=1S/C15H11ClN2O3S2/c16-12-4-3-10(8-13(12)18(20)21)15(19)17-5-7-23-14(17)9-11-2-1-6-22-11/h1-4,6,8-9H,5,7H2/b14-9+.